The van der Waals surface area contributed by atoms with Crippen LogP contribution < -0.4 is 0 Å². The summed E-state index contributed by atoms with van der Waals surface area (Å²) in [5.74, 6) is -0.178. The third-order valence-electron chi connectivity index (χ3n) is 3.31. The molecular weight excluding hydrogens is 272 g/mol. The van der Waals surface area contributed by atoms with Crippen molar-refractivity contribution in [2.24, 2.45) is 0 Å². The summed E-state index contributed by atoms with van der Waals surface area (Å²) < 4.78 is 23.7. The number of hydrogen-bond donors (Lipinski definition) is 0. The van der Waals surface area contributed by atoms with Gasteiger partial charge in [0.2, 0.25) is 0 Å². The van der Waals surface area contributed by atoms with Crippen LogP contribution in [-0.4, -0.2) is 25.7 Å². The highest BCUT2D eigenvalue weighted by atomic mass is 32.2. The maximum Gasteiger partial charge on any atom is 0.177 e. The van der Waals surface area contributed by atoms with Crippen LogP contribution in [0.25, 0.3) is 0 Å². The van der Waals surface area contributed by atoms with E-state index in [2.05, 4.69) is 13.8 Å². The van der Waals surface area contributed by atoms with E-state index in [-0.39, 0.29) is 17.3 Å². The van der Waals surface area contributed by atoms with Gasteiger partial charge in [0.25, 0.3) is 0 Å². The molecule has 20 heavy (non-hydrogen) atoms. The van der Waals surface area contributed by atoms with E-state index in [9.17, 15) is 13.2 Å². The van der Waals surface area contributed by atoms with Crippen molar-refractivity contribution in [3.63, 3.8) is 0 Å². The fourth-order valence-electron chi connectivity index (χ4n) is 1.98. The Bertz CT molecular complexity index is 527. The lowest BCUT2D eigenvalue weighted by molar-refractivity contribution is 0.102. The molecule has 0 heterocycles. The molecule has 0 aliphatic carbocycles. The smallest absolute Gasteiger partial charge is 0.177 e. The Hall–Kier alpha value is -1.16. The predicted octanol–water partition coefficient (Wildman–Crippen LogP) is 3.60. The number of sulfone groups is 1. The van der Waals surface area contributed by atoms with Crippen LogP contribution >= 0.6 is 0 Å². The number of ketones is 1. The van der Waals surface area contributed by atoms with E-state index in [1.807, 2.05) is 19.1 Å². The third-order valence-corrected chi connectivity index (χ3v) is 4.92. The molecule has 0 aliphatic rings. The van der Waals surface area contributed by atoms with Crippen LogP contribution in [0.5, 0.6) is 0 Å². The standard InChI is InChI=1S/C16H24O3S/c1-4-5-6-11-20(18,19)12-16(17)15-9-7-14(8-10-15)13(2)3/h7-10,13H,4-6,11-12H2,1-3H3. The number of rotatable bonds is 8. The maximum absolute atomic E-state index is 12.0. The van der Waals surface area contributed by atoms with Crippen LogP contribution in [0.1, 0.15) is 61.9 Å². The summed E-state index contributed by atoms with van der Waals surface area (Å²) in [6.45, 7) is 6.18. The molecule has 0 unspecified atom stereocenters. The van der Waals surface area contributed by atoms with E-state index in [1.165, 1.54) is 0 Å². The lowest BCUT2D eigenvalue weighted by atomic mass is 10.0. The summed E-state index contributed by atoms with van der Waals surface area (Å²) in [7, 11) is -3.28. The lowest BCUT2D eigenvalue weighted by Crippen LogP contribution is -2.19. The quantitative estimate of drug-likeness (QED) is 0.544. The zero-order valence-electron chi connectivity index (χ0n) is 12.6. The van der Waals surface area contributed by atoms with Gasteiger partial charge in [0, 0.05) is 5.56 Å². The normalized spacial score (nSPS) is 11.8. The molecule has 1 aromatic rings. The minimum atomic E-state index is -3.28. The third kappa shape index (κ3) is 5.45. The highest BCUT2D eigenvalue weighted by Crippen LogP contribution is 2.15. The molecule has 4 heteroatoms. The van der Waals surface area contributed by atoms with Gasteiger partial charge in [-0.15, -0.1) is 0 Å². The molecule has 0 bridgehead atoms. The molecule has 0 amide bonds. The van der Waals surface area contributed by atoms with E-state index in [0.717, 1.165) is 18.4 Å². The first-order chi connectivity index (χ1) is 9.35. The predicted molar refractivity (Wildman–Crippen MR) is 83.0 cm³/mol. The van der Waals surface area contributed by atoms with Crippen molar-refractivity contribution in [1.29, 1.82) is 0 Å². The van der Waals surface area contributed by atoms with Crippen molar-refractivity contribution < 1.29 is 13.2 Å². The molecule has 0 fully saturated rings. The van der Waals surface area contributed by atoms with Crippen LogP contribution in [0.3, 0.4) is 0 Å². The van der Waals surface area contributed by atoms with Crippen molar-refractivity contribution >= 4 is 15.6 Å². The average molecular weight is 296 g/mol. The highest BCUT2D eigenvalue weighted by Gasteiger charge is 2.17. The van der Waals surface area contributed by atoms with Crippen LogP contribution in [0.15, 0.2) is 24.3 Å². The van der Waals surface area contributed by atoms with Crippen LogP contribution in [0, 0.1) is 0 Å². The highest BCUT2D eigenvalue weighted by molar-refractivity contribution is 7.92. The Labute approximate surface area is 122 Å². The number of carbonyl (C=O) groups is 1. The second-order valence-electron chi connectivity index (χ2n) is 5.50. The van der Waals surface area contributed by atoms with Gasteiger partial charge >= 0.3 is 0 Å². The molecule has 0 N–H and O–H groups in total. The Morgan fingerprint density at radius 3 is 2.20 bits per heavy atom. The molecule has 0 saturated carbocycles. The van der Waals surface area contributed by atoms with Crippen molar-refractivity contribution in [3.8, 4) is 0 Å². The summed E-state index contributed by atoms with van der Waals surface area (Å²) in [5, 5.41) is 0. The largest absolute Gasteiger partial charge is 0.293 e. The Morgan fingerprint density at radius 1 is 1.10 bits per heavy atom. The number of Topliss-reactive ketones (excluding diaryl/α,β-unsaturated/α-hetero) is 1. The lowest BCUT2D eigenvalue weighted by Gasteiger charge is -2.07. The number of unbranched alkanes of at least 4 members (excludes halogenated alkanes) is 2. The van der Waals surface area contributed by atoms with Gasteiger partial charge in [0.15, 0.2) is 15.6 Å². The van der Waals surface area contributed by atoms with Gasteiger partial charge in [0.05, 0.1) is 5.75 Å². The monoisotopic (exact) mass is 296 g/mol. The van der Waals surface area contributed by atoms with Gasteiger partial charge in [0.1, 0.15) is 5.75 Å². The number of benzene rings is 1. The molecule has 0 atom stereocenters. The van der Waals surface area contributed by atoms with Crippen molar-refractivity contribution in [1.82, 2.24) is 0 Å². The van der Waals surface area contributed by atoms with E-state index >= 15 is 0 Å². The number of hydrogen-bond acceptors (Lipinski definition) is 3. The summed E-state index contributed by atoms with van der Waals surface area (Å²) in [4.78, 5) is 12.0. The van der Waals surface area contributed by atoms with Crippen molar-refractivity contribution in [2.45, 2.75) is 46.0 Å². The first-order valence-corrected chi connectivity index (χ1v) is 9.01. The molecule has 0 spiro atoms. The summed E-state index contributed by atoms with van der Waals surface area (Å²) in [5.41, 5.74) is 1.63. The van der Waals surface area contributed by atoms with E-state index in [0.29, 0.717) is 17.9 Å². The second kappa shape index (κ2) is 7.58. The second-order valence-corrected chi connectivity index (χ2v) is 7.68. The zero-order chi connectivity index (χ0) is 15.2. The molecule has 112 valence electrons. The fourth-order valence-corrected chi connectivity index (χ4v) is 3.34. The molecule has 0 saturated heterocycles. The Balaban J connectivity index is 2.66. The number of carbonyl (C=O) groups excluding carboxylic acids is 1. The van der Waals surface area contributed by atoms with E-state index in [4.69, 9.17) is 0 Å². The van der Waals surface area contributed by atoms with E-state index in [1.54, 1.807) is 12.1 Å². The van der Waals surface area contributed by atoms with Gasteiger partial charge in [-0.2, -0.15) is 0 Å². The van der Waals surface area contributed by atoms with Gasteiger partial charge in [-0.05, 0) is 17.9 Å². The van der Waals surface area contributed by atoms with Gasteiger partial charge in [-0.1, -0.05) is 57.9 Å². The zero-order valence-corrected chi connectivity index (χ0v) is 13.4. The van der Waals surface area contributed by atoms with Crippen LogP contribution in [0.2, 0.25) is 0 Å². The molecule has 1 aromatic carbocycles. The molecule has 0 aliphatic heterocycles. The molecule has 1 rings (SSSR count). The van der Waals surface area contributed by atoms with Crippen LogP contribution in [-0.2, 0) is 9.84 Å². The average Bonchev–Trinajstić information content (AvgIpc) is 2.38. The summed E-state index contributed by atoms with van der Waals surface area (Å²) in [6.07, 6.45) is 2.50. The summed E-state index contributed by atoms with van der Waals surface area (Å²) >= 11 is 0. The first-order valence-electron chi connectivity index (χ1n) is 7.19. The minimum Gasteiger partial charge on any atom is -0.293 e. The van der Waals surface area contributed by atoms with Gasteiger partial charge < -0.3 is 0 Å². The van der Waals surface area contributed by atoms with Gasteiger partial charge in [-0.3, -0.25) is 4.79 Å². The fraction of sp³-hybridized carbons (Fsp3) is 0.562. The van der Waals surface area contributed by atoms with Crippen molar-refractivity contribution in [3.05, 3.63) is 35.4 Å². The molecule has 3 nitrogen and oxygen atoms in total. The Morgan fingerprint density at radius 2 is 1.70 bits per heavy atom. The SMILES string of the molecule is CCCCCS(=O)(=O)CC(=O)c1ccc(C(C)C)cc1. The first kappa shape index (κ1) is 16.9. The minimum absolute atomic E-state index is 0.108. The van der Waals surface area contributed by atoms with Gasteiger partial charge in [-0.25, -0.2) is 8.42 Å². The van der Waals surface area contributed by atoms with E-state index < -0.39 is 9.84 Å². The topological polar surface area (TPSA) is 51.2 Å². The molecule has 0 radical (unpaired) electrons. The molecule has 0 aromatic heterocycles. The van der Waals surface area contributed by atoms with Crippen LogP contribution in [0.4, 0.5) is 0 Å². The Kier molecular flexibility index (Phi) is 6.40. The molecular formula is C16H24O3S. The van der Waals surface area contributed by atoms with Crippen molar-refractivity contribution in [2.75, 3.05) is 11.5 Å². The summed E-state index contributed by atoms with van der Waals surface area (Å²) in [6, 6.07) is 7.22. The maximum atomic E-state index is 12.0.